The van der Waals surface area contributed by atoms with Gasteiger partial charge in [0, 0.05) is 5.41 Å². The van der Waals surface area contributed by atoms with E-state index < -0.39 is 17.2 Å². The summed E-state index contributed by atoms with van der Waals surface area (Å²) in [6, 6.07) is 4.63. The number of rotatable bonds is 1. The molecule has 1 aliphatic heterocycles. The van der Waals surface area contributed by atoms with Gasteiger partial charge in [-0.1, -0.05) is 13.0 Å². The number of carboxylic acids is 1. The van der Waals surface area contributed by atoms with E-state index in [9.17, 15) is 15.0 Å². The SMILES string of the molecule is CN1CCC2(C)c3cc(C(=O)O)ccc3CC1C2(O)O. The van der Waals surface area contributed by atoms with Gasteiger partial charge < -0.3 is 15.3 Å². The topological polar surface area (TPSA) is 81.0 Å². The van der Waals surface area contributed by atoms with Crippen LogP contribution in [-0.4, -0.2) is 51.6 Å². The minimum absolute atomic E-state index is 0.193. The van der Waals surface area contributed by atoms with Gasteiger partial charge in [0.1, 0.15) is 0 Å². The predicted octanol–water partition coefficient (Wildman–Crippen LogP) is 0.584. The van der Waals surface area contributed by atoms with Crippen LogP contribution in [0.2, 0.25) is 0 Å². The first-order valence-electron chi connectivity index (χ1n) is 6.79. The Morgan fingerprint density at radius 1 is 1.40 bits per heavy atom. The summed E-state index contributed by atoms with van der Waals surface area (Å²) in [5.41, 5.74) is 1.13. The zero-order valence-electron chi connectivity index (χ0n) is 11.6. The van der Waals surface area contributed by atoms with E-state index in [1.54, 1.807) is 18.2 Å². The van der Waals surface area contributed by atoms with E-state index in [-0.39, 0.29) is 11.6 Å². The Morgan fingerprint density at radius 3 is 2.75 bits per heavy atom. The monoisotopic (exact) mass is 277 g/mol. The third-order valence-corrected chi connectivity index (χ3v) is 5.14. The van der Waals surface area contributed by atoms with Crippen molar-refractivity contribution in [3.63, 3.8) is 0 Å². The van der Waals surface area contributed by atoms with Gasteiger partial charge in [-0.25, -0.2) is 4.79 Å². The minimum Gasteiger partial charge on any atom is -0.478 e. The Labute approximate surface area is 117 Å². The number of aliphatic hydroxyl groups is 2. The summed E-state index contributed by atoms with van der Waals surface area (Å²) >= 11 is 0. The Morgan fingerprint density at radius 2 is 2.10 bits per heavy atom. The third kappa shape index (κ3) is 1.57. The summed E-state index contributed by atoms with van der Waals surface area (Å²) in [5, 5.41) is 30.4. The maximum Gasteiger partial charge on any atom is 0.335 e. The van der Waals surface area contributed by atoms with Crippen molar-refractivity contribution < 1.29 is 20.1 Å². The minimum atomic E-state index is -1.84. The second-order valence-electron chi connectivity index (χ2n) is 6.19. The molecule has 0 amide bonds. The average Bonchev–Trinajstić information content (AvgIpc) is 2.38. The lowest BCUT2D eigenvalue weighted by Gasteiger charge is -2.57. The van der Waals surface area contributed by atoms with Gasteiger partial charge in [-0.15, -0.1) is 0 Å². The number of hydrogen-bond donors (Lipinski definition) is 3. The highest BCUT2D eigenvalue weighted by atomic mass is 16.5. The molecule has 0 aromatic heterocycles. The van der Waals surface area contributed by atoms with E-state index in [1.807, 2.05) is 18.9 Å². The lowest BCUT2D eigenvalue weighted by atomic mass is 9.60. The van der Waals surface area contributed by atoms with Gasteiger partial charge in [-0.2, -0.15) is 0 Å². The maximum atomic E-state index is 11.1. The van der Waals surface area contributed by atoms with Crippen LogP contribution in [0.25, 0.3) is 0 Å². The largest absolute Gasteiger partial charge is 0.478 e. The van der Waals surface area contributed by atoms with Gasteiger partial charge >= 0.3 is 5.97 Å². The predicted molar refractivity (Wildman–Crippen MR) is 72.7 cm³/mol. The molecule has 0 saturated carbocycles. The van der Waals surface area contributed by atoms with Crippen molar-refractivity contribution in [3.8, 4) is 0 Å². The first-order chi connectivity index (χ1) is 9.27. The lowest BCUT2D eigenvalue weighted by Crippen LogP contribution is -2.69. The number of likely N-dealkylation sites (tertiary alicyclic amines) is 1. The smallest absolute Gasteiger partial charge is 0.335 e. The highest BCUT2D eigenvalue weighted by molar-refractivity contribution is 5.88. The zero-order valence-corrected chi connectivity index (χ0v) is 11.6. The molecule has 1 aromatic rings. The Balaban J connectivity index is 2.20. The number of likely N-dealkylation sites (N-methyl/N-ethyl adjacent to an activating group) is 1. The second-order valence-corrected chi connectivity index (χ2v) is 6.19. The highest BCUT2D eigenvalue weighted by Crippen LogP contribution is 2.49. The average molecular weight is 277 g/mol. The van der Waals surface area contributed by atoms with Gasteiger partial charge in [0.05, 0.1) is 11.6 Å². The molecular formula is C15H19NO4. The van der Waals surface area contributed by atoms with E-state index in [4.69, 9.17) is 5.11 Å². The standard InChI is InChI=1S/C15H19NO4/c1-14-5-6-16(2)12(15(14,19)20)8-9-3-4-10(13(17)18)7-11(9)14/h3-4,7,12,19-20H,5-6,8H2,1-2H3,(H,17,18). The van der Waals surface area contributed by atoms with Crippen LogP contribution in [0, 0.1) is 0 Å². The molecule has 3 N–H and O–H groups in total. The number of aromatic carboxylic acids is 1. The molecule has 2 atom stereocenters. The number of carbonyl (C=O) groups is 1. The van der Waals surface area contributed by atoms with Crippen LogP contribution in [0.4, 0.5) is 0 Å². The van der Waals surface area contributed by atoms with E-state index in [1.165, 1.54) is 0 Å². The van der Waals surface area contributed by atoms with Crippen molar-refractivity contribution in [1.82, 2.24) is 4.90 Å². The Bertz CT molecular complexity index is 583. The fourth-order valence-electron chi connectivity index (χ4n) is 3.66. The summed E-state index contributed by atoms with van der Waals surface area (Å²) in [6.45, 7) is 2.58. The number of fused-ring (bicyclic) bond motifs is 4. The zero-order chi connectivity index (χ0) is 14.7. The summed E-state index contributed by atoms with van der Waals surface area (Å²) in [5.74, 6) is -2.84. The summed E-state index contributed by atoms with van der Waals surface area (Å²) in [6.07, 6.45) is 1.11. The molecule has 5 heteroatoms. The number of nitrogens with zero attached hydrogens (tertiary/aromatic N) is 1. The molecule has 1 aromatic carbocycles. The molecule has 2 aliphatic rings. The normalized spacial score (nSPS) is 31.7. The lowest BCUT2D eigenvalue weighted by molar-refractivity contribution is -0.270. The van der Waals surface area contributed by atoms with Crippen LogP contribution in [0.15, 0.2) is 18.2 Å². The van der Waals surface area contributed by atoms with Crippen molar-refractivity contribution in [1.29, 1.82) is 0 Å². The van der Waals surface area contributed by atoms with E-state index in [0.29, 0.717) is 12.8 Å². The van der Waals surface area contributed by atoms with E-state index in [2.05, 4.69) is 0 Å². The summed E-state index contributed by atoms with van der Waals surface area (Å²) in [7, 11) is 1.89. The van der Waals surface area contributed by atoms with Gasteiger partial charge in [-0.05, 0) is 49.7 Å². The highest BCUT2D eigenvalue weighted by Gasteiger charge is 2.59. The van der Waals surface area contributed by atoms with Crippen LogP contribution in [0.1, 0.15) is 34.8 Å². The number of piperidine rings is 1. The quantitative estimate of drug-likeness (QED) is 0.654. The van der Waals surface area contributed by atoms with Crippen LogP contribution >= 0.6 is 0 Å². The fourth-order valence-corrected chi connectivity index (χ4v) is 3.66. The first-order valence-corrected chi connectivity index (χ1v) is 6.79. The summed E-state index contributed by atoms with van der Waals surface area (Å²) < 4.78 is 0. The molecular weight excluding hydrogens is 258 g/mol. The molecule has 0 radical (unpaired) electrons. The molecule has 1 heterocycles. The van der Waals surface area contributed by atoms with Crippen LogP contribution in [0.5, 0.6) is 0 Å². The van der Waals surface area contributed by atoms with Crippen LogP contribution < -0.4 is 0 Å². The van der Waals surface area contributed by atoms with Crippen molar-refractivity contribution in [3.05, 3.63) is 34.9 Å². The number of carboxylic acid groups (broad SMARTS) is 1. The Kier molecular flexibility index (Phi) is 2.73. The maximum absolute atomic E-state index is 11.1. The Hall–Kier alpha value is -1.43. The second kappa shape index (κ2) is 4.04. The van der Waals surface area contributed by atoms with Gasteiger partial charge in [0.15, 0.2) is 5.79 Å². The molecule has 20 heavy (non-hydrogen) atoms. The third-order valence-electron chi connectivity index (χ3n) is 5.14. The first kappa shape index (κ1) is 13.5. The van der Waals surface area contributed by atoms with Crippen LogP contribution in [-0.2, 0) is 11.8 Å². The molecule has 5 nitrogen and oxygen atoms in total. The molecule has 1 fully saturated rings. The van der Waals surface area contributed by atoms with Crippen molar-refractivity contribution in [2.75, 3.05) is 13.6 Å². The molecule has 0 spiro atoms. The van der Waals surface area contributed by atoms with Gasteiger partial charge in [0.25, 0.3) is 0 Å². The molecule has 1 saturated heterocycles. The van der Waals surface area contributed by atoms with Crippen LogP contribution in [0.3, 0.4) is 0 Å². The molecule has 2 bridgehead atoms. The number of hydrogen-bond acceptors (Lipinski definition) is 4. The molecule has 1 aliphatic carbocycles. The molecule has 2 unspecified atom stereocenters. The fraction of sp³-hybridized carbons (Fsp3) is 0.533. The van der Waals surface area contributed by atoms with E-state index in [0.717, 1.165) is 17.7 Å². The van der Waals surface area contributed by atoms with Crippen molar-refractivity contribution in [2.24, 2.45) is 0 Å². The number of benzene rings is 1. The molecule has 108 valence electrons. The van der Waals surface area contributed by atoms with Gasteiger partial charge in [0.2, 0.25) is 0 Å². The van der Waals surface area contributed by atoms with E-state index >= 15 is 0 Å². The van der Waals surface area contributed by atoms with Crippen molar-refractivity contribution in [2.45, 2.75) is 37.0 Å². The van der Waals surface area contributed by atoms with Gasteiger partial charge in [-0.3, -0.25) is 4.90 Å². The molecule has 3 rings (SSSR count). The summed E-state index contributed by atoms with van der Waals surface area (Å²) in [4.78, 5) is 13.1. The van der Waals surface area contributed by atoms with Crippen molar-refractivity contribution >= 4 is 5.97 Å².